The number of hydrogen-bond donors (Lipinski definition) is 1. The van der Waals surface area contributed by atoms with Crippen molar-refractivity contribution < 1.29 is 17.3 Å². The molecule has 2 N–H and O–H groups in total. The van der Waals surface area contributed by atoms with Gasteiger partial charge < -0.3 is 30.6 Å². The Kier molecular flexibility index (Phi) is 11.1. The van der Waals surface area contributed by atoms with E-state index in [4.69, 9.17) is 0 Å². The standard InChI is InChI=1S/C6H5.2C3H7.CH3NS2.Mo/c1-2-4-6-5-3-1;2*1-3-2;2-1(3)4;/h1-5H;2*1,3H2,2H3;(H3,2,3,4);/q;;;;+1/p-1. The summed E-state index contributed by atoms with van der Waals surface area (Å²) in [5.74, 6) is 0. The van der Waals surface area contributed by atoms with Crippen LogP contribution in [0.2, 0.25) is 9.62 Å². The van der Waals surface area contributed by atoms with Crippen LogP contribution in [0.25, 0.3) is 0 Å². The van der Waals surface area contributed by atoms with Crippen molar-refractivity contribution >= 4 is 33.1 Å². The molecule has 0 atom stereocenters. The van der Waals surface area contributed by atoms with Gasteiger partial charge in [0.25, 0.3) is 0 Å². The van der Waals surface area contributed by atoms with E-state index in [1.54, 1.807) is 3.95 Å². The first kappa shape index (κ1) is 17.0. The Balaban J connectivity index is 0.000000557. The predicted octanol–water partition coefficient (Wildman–Crippen LogP) is 3.36. The zero-order chi connectivity index (χ0) is 13.1. The van der Waals surface area contributed by atoms with Crippen molar-refractivity contribution in [3.63, 3.8) is 0 Å². The molecule has 0 saturated heterocycles. The van der Waals surface area contributed by atoms with Crippen molar-refractivity contribution in [2.45, 2.75) is 36.3 Å². The second-order valence-corrected chi connectivity index (χ2v) is 10.3. The van der Waals surface area contributed by atoms with Gasteiger partial charge in [-0.05, 0) is 0 Å². The second kappa shape index (κ2) is 11.1. The maximum absolute atomic E-state index is 4.66. The van der Waals surface area contributed by atoms with Crippen LogP contribution < -0.4 is 9.69 Å². The normalized spacial score (nSPS) is 9.59. The molecule has 0 saturated carbocycles. The van der Waals surface area contributed by atoms with Gasteiger partial charge in [-0.15, -0.1) is 0 Å². The molecule has 0 aliphatic carbocycles. The summed E-state index contributed by atoms with van der Waals surface area (Å²) >= 11 is 7.36. The molecule has 0 spiro atoms. The van der Waals surface area contributed by atoms with Crippen molar-refractivity contribution in [3.05, 3.63) is 30.3 Å². The fourth-order valence-electron chi connectivity index (χ4n) is 1.44. The van der Waals surface area contributed by atoms with Crippen LogP contribution in [0.5, 0.6) is 0 Å². The molecule has 0 radical (unpaired) electrons. The van der Waals surface area contributed by atoms with Crippen LogP contribution in [-0.2, 0) is 29.9 Å². The van der Waals surface area contributed by atoms with E-state index in [1.807, 2.05) is 0 Å². The summed E-state index contributed by atoms with van der Waals surface area (Å²) in [6.07, 6.45) is 2.73. The molecule has 96 valence electrons. The van der Waals surface area contributed by atoms with E-state index >= 15 is 0 Å². The minimum absolute atomic E-state index is 0.0833. The second-order valence-electron chi connectivity index (χ2n) is 3.53. The number of rotatable bonds is 5. The molecule has 0 fully saturated rings. The molecule has 0 bridgehead atoms. The summed E-state index contributed by atoms with van der Waals surface area (Å²) in [5, 5.41) is 0. The van der Waals surface area contributed by atoms with Crippen LogP contribution in [-0.4, -0.2) is 4.32 Å². The van der Waals surface area contributed by atoms with Gasteiger partial charge in [-0.25, -0.2) is 0 Å². The topological polar surface area (TPSA) is 26.0 Å². The third kappa shape index (κ3) is 9.70. The summed E-state index contributed by atoms with van der Waals surface area (Å²) < 4.78 is 1.77. The molecule has 0 aromatic heterocycles. The van der Waals surface area contributed by atoms with Gasteiger partial charge in [0.05, 0.1) is 0 Å². The minimum Gasteiger partial charge on any atom is -0.415 e. The molecule has 17 heavy (non-hydrogen) atoms. The molecule has 4 heteroatoms. The zero-order valence-corrected chi connectivity index (χ0v) is 14.2. The van der Waals surface area contributed by atoms with E-state index in [1.165, 1.54) is 22.5 Å². The average Bonchev–Trinajstić information content (AvgIpc) is 2.29. The molecule has 1 aromatic carbocycles. The van der Waals surface area contributed by atoms with Gasteiger partial charge in [0.1, 0.15) is 0 Å². The Morgan fingerprint density at radius 2 is 1.59 bits per heavy atom. The van der Waals surface area contributed by atoms with Gasteiger partial charge in [-0.2, -0.15) is 0 Å². The van der Waals surface area contributed by atoms with Crippen molar-refractivity contribution in [1.29, 1.82) is 0 Å². The smallest absolute Gasteiger partial charge is 0.0708 e. The van der Waals surface area contributed by atoms with E-state index in [2.05, 4.69) is 74.8 Å². The van der Waals surface area contributed by atoms with Gasteiger partial charge in [0.15, 0.2) is 0 Å². The Hall–Kier alpha value is 0.0183. The van der Waals surface area contributed by atoms with Crippen molar-refractivity contribution in [3.8, 4) is 0 Å². The molecule has 0 aliphatic heterocycles. The Labute approximate surface area is 122 Å². The Morgan fingerprint density at radius 3 is 1.94 bits per heavy atom. The van der Waals surface area contributed by atoms with Gasteiger partial charge in [0, 0.05) is 0 Å². The fraction of sp³-hybridized carbons (Fsp3) is 0.462. The number of benzene rings is 1. The van der Waals surface area contributed by atoms with Gasteiger partial charge >= 0.3 is 87.9 Å². The number of nitrogens with two attached hydrogens (primary N) is 1. The maximum atomic E-state index is 4.66. The molecular weight excluding hydrogens is 330 g/mol. The van der Waals surface area contributed by atoms with E-state index in [0.29, 0.717) is 0 Å². The van der Waals surface area contributed by atoms with Crippen LogP contribution in [0, 0.1) is 0 Å². The third-order valence-electron chi connectivity index (χ3n) is 1.98. The summed E-state index contributed by atoms with van der Waals surface area (Å²) in [6, 6.07) is 11.2. The summed E-state index contributed by atoms with van der Waals surface area (Å²) in [7, 11) is 0. The summed E-state index contributed by atoms with van der Waals surface area (Å²) in [4.78, 5) is 3.00. The molecule has 1 rings (SSSR count). The van der Waals surface area contributed by atoms with Crippen molar-refractivity contribution in [2.75, 3.05) is 0 Å². The summed E-state index contributed by atoms with van der Waals surface area (Å²) in [5.41, 5.74) is 4.66. The van der Waals surface area contributed by atoms with E-state index in [-0.39, 0.29) is 4.32 Å². The van der Waals surface area contributed by atoms with Crippen LogP contribution in [0.4, 0.5) is 0 Å². The van der Waals surface area contributed by atoms with Crippen LogP contribution in [0.15, 0.2) is 30.3 Å². The molecule has 0 heterocycles. The first-order valence-electron chi connectivity index (χ1n) is 5.80. The molecule has 1 nitrogen and oxygen atoms in total. The molecule has 0 unspecified atom stereocenters. The first-order valence-corrected chi connectivity index (χ1v) is 10.5. The SMILES string of the molecule is CC[CH2][Mo+]([CH2]CC)[c]1ccccc1.NC(=S)[S-]. The first-order chi connectivity index (χ1) is 8.11. The molecule has 0 amide bonds. The third-order valence-corrected chi connectivity index (χ3v) is 8.71. The quantitative estimate of drug-likeness (QED) is 0.500. The van der Waals surface area contributed by atoms with Gasteiger partial charge in [-0.3, -0.25) is 0 Å². The molecular formula is C13H21MoNS2. The fourth-order valence-corrected chi connectivity index (χ4v) is 6.86. The van der Waals surface area contributed by atoms with E-state index < -0.39 is 17.3 Å². The summed E-state index contributed by atoms with van der Waals surface area (Å²) in [6.45, 7) is 4.62. The van der Waals surface area contributed by atoms with Gasteiger partial charge in [-0.1, -0.05) is 4.32 Å². The van der Waals surface area contributed by atoms with Gasteiger partial charge in [0.2, 0.25) is 0 Å². The Bertz CT molecular complexity index is 294. The molecule has 0 aliphatic rings. The van der Waals surface area contributed by atoms with Crippen LogP contribution >= 0.6 is 12.2 Å². The maximum Gasteiger partial charge on any atom is -0.0708 e. The zero-order valence-electron chi connectivity index (χ0n) is 10.5. The average molecular weight is 351 g/mol. The van der Waals surface area contributed by atoms with E-state index in [0.717, 1.165) is 0 Å². The number of hydrogen-bond acceptors (Lipinski definition) is 2. The predicted molar refractivity (Wildman–Crippen MR) is 80.4 cm³/mol. The van der Waals surface area contributed by atoms with Crippen LogP contribution in [0.3, 0.4) is 0 Å². The van der Waals surface area contributed by atoms with Crippen molar-refractivity contribution in [2.24, 2.45) is 5.73 Å². The van der Waals surface area contributed by atoms with E-state index in [9.17, 15) is 0 Å². The molecule has 1 aromatic rings. The minimum atomic E-state index is -0.901. The Morgan fingerprint density at radius 1 is 1.18 bits per heavy atom. The van der Waals surface area contributed by atoms with Crippen molar-refractivity contribution in [1.82, 2.24) is 0 Å². The largest absolute Gasteiger partial charge is 0.415 e. The van der Waals surface area contributed by atoms with Crippen LogP contribution in [0.1, 0.15) is 26.7 Å². The monoisotopic (exact) mass is 353 g/mol. The number of thiocarbonyl (C=S) groups is 1.